The van der Waals surface area contributed by atoms with Gasteiger partial charge in [0.05, 0.1) is 0 Å². The molecule has 0 bridgehead atoms. The SMILES string of the molecule is CCOC(CC(C)C)(Oc1ccccc1)[C](C)CC(C)C. The summed E-state index contributed by atoms with van der Waals surface area (Å²) in [5.74, 6) is 2.62. The number of hydrogen-bond acceptors (Lipinski definition) is 2. The Labute approximate surface area is 130 Å². The van der Waals surface area contributed by atoms with Gasteiger partial charge in [-0.05, 0) is 37.3 Å². The van der Waals surface area contributed by atoms with Gasteiger partial charge < -0.3 is 9.47 Å². The van der Waals surface area contributed by atoms with Crippen molar-refractivity contribution >= 4 is 0 Å². The third-order valence-corrected chi connectivity index (χ3v) is 3.45. The van der Waals surface area contributed by atoms with Crippen LogP contribution in [0.2, 0.25) is 0 Å². The second kappa shape index (κ2) is 8.43. The van der Waals surface area contributed by atoms with E-state index in [1.165, 1.54) is 5.92 Å². The third kappa shape index (κ3) is 5.70. The molecule has 1 unspecified atom stereocenters. The first kappa shape index (κ1) is 18.0. The predicted molar refractivity (Wildman–Crippen MR) is 89.3 cm³/mol. The number of hydrogen-bond donors (Lipinski definition) is 0. The zero-order chi connectivity index (χ0) is 15.9. The first-order valence-electron chi connectivity index (χ1n) is 8.10. The van der Waals surface area contributed by atoms with Crippen molar-refractivity contribution < 1.29 is 9.47 Å². The number of rotatable bonds is 9. The van der Waals surface area contributed by atoms with Crippen LogP contribution < -0.4 is 4.74 Å². The van der Waals surface area contributed by atoms with Crippen LogP contribution >= 0.6 is 0 Å². The summed E-state index contributed by atoms with van der Waals surface area (Å²) in [6, 6.07) is 9.99. The standard InChI is InChI=1S/C19H31O2/c1-7-20-19(14-16(4)5,17(6)13-15(2)3)21-18-11-9-8-10-12-18/h8-12,15-16H,7,13-14H2,1-6H3. The molecule has 0 spiro atoms. The maximum Gasteiger partial charge on any atom is 0.216 e. The molecule has 2 heteroatoms. The minimum atomic E-state index is -0.617. The normalized spacial score (nSPS) is 14.7. The summed E-state index contributed by atoms with van der Waals surface area (Å²) < 4.78 is 12.5. The number of para-hydroxylation sites is 1. The molecular formula is C19H31O2. The quantitative estimate of drug-likeness (QED) is 0.560. The summed E-state index contributed by atoms with van der Waals surface area (Å²) in [5, 5.41) is 0. The summed E-state index contributed by atoms with van der Waals surface area (Å²) in [4.78, 5) is 0. The van der Waals surface area contributed by atoms with E-state index in [1.807, 2.05) is 37.3 Å². The maximum atomic E-state index is 6.36. The van der Waals surface area contributed by atoms with Gasteiger partial charge in [0.2, 0.25) is 5.79 Å². The molecule has 1 atom stereocenters. The first-order chi connectivity index (χ1) is 9.89. The Morgan fingerprint density at radius 1 is 1.05 bits per heavy atom. The molecule has 0 aromatic heterocycles. The molecular weight excluding hydrogens is 260 g/mol. The molecule has 0 aliphatic carbocycles. The predicted octanol–water partition coefficient (Wildman–Crippen LogP) is 5.48. The van der Waals surface area contributed by atoms with Crippen LogP contribution in [-0.2, 0) is 4.74 Å². The highest BCUT2D eigenvalue weighted by atomic mass is 16.7. The second-order valence-corrected chi connectivity index (χ2v) is 6.58. The molecule has 0 fully saturated rings. The largest absolute Gasteiger partial charge is 0.462 e. The molecule has 0 saturated carbocycles. The smallest absolute Gasteiger partial charge is 0.216 e. The van der Waals surface area contributed by atoms with E-state index in [-0.39, 0.29) is 0 Å². The lowest BCUT2D eigenvalue weighted by Gasteiger charge is -2.40. The molecule has 1 aromatic rings. The van der Waals surface area contributed by atoms with Gasteiger partial charge in [-0.15, -0.1) is 0 Å². The lowest BCUT2D eigenvalue weighted by molar-refractivity contribution is -0.180. The van der Waals surface area contributed by atoms with E-state index in [1.54, 1.807) is 0 Å². The molecule has 1 rings (SSSR count). The molecule has 0 heterocycles. The second-order valence-electron chi connectivity index (χ2n) is 6.58. The van der Waals surface area contributed by atoms with Gasteiger partial charge in [-0.3, -0.25) is 0 Å². The van der Waals surface area contributed by atoms with Gasteiger partial charge in [0.15, 0.2) is 0 Å². The van der Waals surface area contributed by atoms with Crippen molar-refractivity contribution in [2.45, 2.75) is 60.2 Å². The molecule has 0 saturated heterocycles. The van der Waals surface area contributed by atoms with Crippen LogP contribution in [0.3, 0.4) is 0 Å². The van der Waals surface area contributed by atoms with Crippen LogP contribution in [0.25, 0.3) is 0 Å². The summed E-state index contributed by atoms with van der Waals surface area (Å²) in [6.45, 7) is 13.7. The van der Waals surface area contributed by atoms with Crippen LogP contribution in [0.5, 0.6) is 5.75 Å². The van der Waals surface area contributed by atoms with E-state index >= 15 is 0 Å². The van der Waals surface area contributed by atoms with Gasteiger partial charge in [0.25, 0.3) is 0 Å². The Kier molecular flexibility index (Phi) is 7.24. The maximum absolute atomic E-state index is 6.36. The van der Waals surface area contributed by atoms with E-state index in [4.69, 9.17) is 9.47 Å². The van der Waals surface area contributed by atoms with E-state index in [9.17, 15) is 0 Å². The fraction of sp³-hybridized carbons (Fsp3) is 0.632. The Balaban J connectivity index is 3.04. The lowest BCUT2D eigenvalue weighted by Crippen LogP contribution is -2.46. The molecule has 1 aromatic carbocycles. The Morgan fingerprint density at radius 2 is 1.67 bits per heavy atom. The molecule has 21 heavy (non-hydrogen) atoms. The van der Waals surface area contributed by atoms with Gasteiger partial charge in [-0.1, -0.05) is 52.8 Å². The number of ether oxygens (including phenoxy) is 2. The number of benzene rings is 1. The topological polar surface area (TPSA) is 18.5 Å². The van der Waals surface area contributed by atoms with Crippen molar-refractivity contribution in [3.63, 3.8) is 0 Å². The Bertz CT molecular complexity index is 386. The highest BCUT2D eigenvalue weighted by Crippen LogP contribution is 2.37. The molecule has 0 aliphatic heterocycles. The van der Waals surface area contributed by atoms with Gasteiger partial charge in [0.1, 0.15) is 5.75 Å². The fourth-order valence-corrected chi connectivity index (χ4v) is 2.73. The van der Waals surface area contributed by atoms with Crippen molar-refractivity contribution in [1.29, 1.82) is 0 Å². The minimum Gasteiger partial charge on any atom is -0.462 e. The molecule has 2 nitrogen and oxygen atoms in total. The molecule has 1 radical (unpaired) electrons. The van der Waals surface area contributed by atoms with Crippen molar-refractivity contribution in [3.05, 3.63) is 36.2 Å². The fourth-order valence-electron chi connectivity index (χ4n) is 2.73. The van der Waals surface area contributed by atoms with Gasteiger partial charge in [-0.2, -0.15) is 0 Å². The Hall–Kier alpha value is -1.02. The summed E-state index contributed by atoms with van der Waals surface area (Å²) in [5.41, 5.74) is 0. The van der Waals surface area contributed by atoms with Crippen LogP contribution in [-0.4, -0.2) is 12.4 Å². The monoisotopic (exact) mass is 291 g/mol. The third-order valence-electron chi connectivity index (χ3n) is 3.45. The molecule has 0 amide bonds. The lowest BCUT2D eigenvalue weighted by atomic mass is 9.85. The van der Waals surface area contributed by atoms with E-state index in [2.05, 4.69) is 34.6 Å². The average molecular weight is 291 g/mol. The van der Waals surface area contributed by atoms with Crippen LogP contribution in [0.1, 0.15) is 54.4 Å². The zero-order valence-corrected chi connectivity index (χ0v) is 14.5. The summed E-state index contributed by atoms with van der Waals surface area (Å²) >= 11 is 0. The summed E-state index contributed by atoms with van der Waals surface area (Å²) in [7, 11) is 0. The van der Waals surface area contributed by atoms with Crippen LogP contribution in [0, 0.1) is 17.8 Å². The van der Waals surface area contributed by atoms with Gasteiger partial charge >= 0.3 is 0 Å². The summed E-state index contributed by atoms with van der Waals surface area (Å²) in [6.07, 6.45) is 1.88. The van der Waals surface area contributed by atoms with E-state index in [0.29, 0.717) is 18.4 Å². The zero-order valence-electron chi connectivity index (χ0n) is 14.5. The van der Waals surface area contributed by atoms with Crippen molar-refractivity contribution in [3.8, 4) is 5.75 Å². The highest BCUT2D eigenvalue weighted by molar-refractivity contribution is 5.23. The first-order valence-corrected chi connectivity index (χ1v) is 8.10. The van der Waals surface area contributed by atoms with Crippen molar-refractivity contribution in [2.24, 2.45) is 11.8 Å². The van der Waals surface area contributed by atoms with Crippen LogP contribution in [0.4, 0.5) is 0 Å². The average Bonchev–Trinajstić information content (AvgIpc) is 2.38. The van der Waals surface area contributed by atoms with Gasteiger partial charge in [0, 0.05) is 18.9 Å². The van der Waals surface area contributed by atoms with Gasteiger partial charge in [-0.25, -0.2) is 0 Å². The van der Waals surface area contributed by atoms with Crippen molar-refractivity contribution in [2.75, 3.05) is 6.61 Å². The van der Waals surface area contributed by atoms with E-state index in [0.717, 1.165) is 18.6 Å². The van der Waals surface area contributed by atoms with Crippen molar-refractivity contribution in [1.82, 2.24) is 0 Å². The minimum absolute atomic E-state index is 0.502. The van der Waals surface area contributed by atoms with Crippen LogP contribution in [0.15, 0.2) is 30.3 Å². The highest BCUT2D eigenvalue weighted by Gasteiger charge is 2.41. The molecule has 119 valence electrons. The molecule has 0 N–H and O–H groups in total. The molecule has 0 aliphatic rings. The Morgan fingerprint density at radius 3 is 2.14 bits per heavy atom. The van der Waals surface area contributed by atoms with E-state index < -0.39 is 5.79 Å².